The van der Waals surface area contributed by atoms with E-state index >= 15 is 0 Å². The normalized spacial score (nSPS) is 10.3. The van der Waals surface area contributed by atoms with Gasteiger partial charge in [0.25, 0.3) is 0 Å². The number of nitrogens with one attached hydrogen (secondary N) is 1. The summed E-state index contributed by atoms with van der Waals surface area (Å²) in [5.41, 5.74) is 1.62. The number of nitrogens with zero attached hydrogens (tertiary/aromatic N) is 2. The molecule has 1 N–H and O–H groups in total. The lowest BCUT2D eigenvalue weighted by atomic mass is 10.2. The summed E-state index contributed by atoms with van der Waals surface area (Å²) in [7, 11) is 3.41. The van der Waals surface area contributed by atoms with Gasteiger partial charge in [0.05, 0.1) is 12.2 Å². The first-order chi connectivity index (χ1) is 9.06. The molecule has 0 atom stereocenters. The molecule has 0 unspecified atom stereocenters. The Hall–Kier alpha value is -1.95. The number of rotatable bonds is 4. The third-order valence-electron chi connectivity index (χ3n) is 2.53. The fourth-order valence-electron chi connectivity index (χ4n) is 1.42. The highest BCUT2D eigenvalue weighted by Crippen LogP contribution is 2.24. The van der Waals surface area contributed by atoms with Gasteiger partial charge in [0.15, 0.2) is 5.13 Å². The third-order valence-corrected chi connectivity index (χ3v) is 3.33. The van der Waals surface area contributed by atoms with E-state index in [2.05, 4.69) is 10.3 Å². The number of aromatic nitrogens is 1. The van der Waals surface area contributed by atoms with Crippen molar-refractivity contribution in [3.63, 3.8) is 0 Å². The molecular formula is C13H14FN3OS. The maximum atomic E-state index is 12.8. The van der Waals surface area contributed by atoms with E-state index in [0.29, 0.717) is 5.13 Å². The summed E-state index contributed by atoms with van der Waals surface area (Å²) in [6.07, 6.45) is 0. The molecule has 1 aromatic heterocycles. The van der Waals surface area contributed by atoms with Crippen LogP contribution in [0.1, 0.15) is 0 Å². The van der Waals surface area contributed by atoms with Gasteiger partial charge in [-0.05, 0) is 24.3 Å². The van der Waals surface area contributed by atoms with Gasteiger partial charge < -0.3 is 10.2 Å². The molecular weight excluding hydrogens is 265 g/mol. The first-order valence-electron chi connectivity index (χ1n) is 5.72. The number of hydrogen-bond acceptors (Lipinski definition) is 4. The van der Waals surface area contributed by atoms with Crippen molar-refractivity contribution in [2.24, 2.45) is 0 Å². The Labute approximate surface area is 114 Å². The van der Waals surface area contributed by atoms with E-state index in [-0.39, 0.29) is 18.3 Å². The van der Waals surface area contributed by atoms with Crippen molar-refractivity contribution in [2.45, 2.75) is 0 Å². The van der Waals surface area contributed by atoms with Gasteiger partial charge in [-0.2, -0.15) is 0 Å². The SMILES string of the molecule is CN(C)C(=O)CNc1nc(-c2ccc(F)cc2)cs1. The predicted octanol–water partition coefficient (Wildman–Crippen LogP) is 2.45. The van der Waals surface area contributed by atoms with Crippen LogP contribution in [0.15, 0.2) is 29.6 Å². The second-order valence-corrected chi connectivity index (χ2v) is 5.04. The molecule has 100 valence electrons. The smallest absolute Gasteiger partial charge is 0.241 e. The number of benzene rings is 1. The molecule has 19 heavy (non-hydrogen) atoms. The molecule has 0 spiro atoms. The highest BCUT2D eigenvalue weighted by Gasteiger charge is 2.07. The molecule has 1 heterocycles. The summed E-state index contributed by atoms with van der Waals surface area (Å²) in [5.74, 6) is -0.285. The standard InChI is InChI=1S/C13H14FN3OS/c1-17(2)12(18)7-15-13-16-11(8-19-13)9-3-5-10(14)6-4-9/h3-6,8H,7H2,1-2H3,(H,15,16). The van der Waals surface area contributed by atoms with Crippen LogP contribution in [-0.2, 0) is 4.79 Å². The van der Waals surface area contributed by atoms with Gasteiger partial charge in [-0.25, -0.2) is 9.37 Å². The second-order valence-electron chi connectivity index (χ2n) is 4.19. The van der Waals surface area contributed by atoms with Crippen LogP contribution in [-0.4, -0.2) is 36.4 Å². The number of carbonyl (C=O) groups excluding carboxylic acids is 1. The molecule has 0 saturated heterocycles. The number of likely N-dealkylation sites (N-methyl/N-ethyl adjacent to an activating group) is 1. The van der Waals surface area contributed by atoms with Crippen LogP contribution in [0.4, 0.5) is 9.52 Å². The highest BCUT2D eigenvalue weighted by molar-refractivity contribution is 7.14. The van der Waals surface area contributed by atoms with Crippen molar-refractivity contribution >= 4 is 22.4 Å². The van der Waals surface area contributed by atoms with E-state index in [1.54, 1.807) is 26.2 Å². The van der Waals surface area contributed by atoms with Crippen molar-refractivity contribution in [3.8, 4) is 11.3 Å². The molecule has 0 aliphatic carbocycles. The van der Waals surface area contributed by atoms with Gasteiger partial charge >= 0.3 is 0 Å². The van der Waals surface area contributed by atoms with Crippen molar-refractivity contribution in [3.05, 3.63) is 35.5 Å². The van der Waals surface area contributed by atoms with Crippen molar-refractivity contribution < 1.29 is 9.18 Å². The predicted molar refractivity (Wildman–Crippen MR) is 74.7 cm³/mol. The molecule has 2 rings (SSSR count). The van der Waals surface area contributed by atoms with Crippen molar-refractivity contribution in [1.82, 2.24) is 9.88 Å². The quantitative estimate of drug-likeness (QED) is 0.935. The van der Waals surface area contributed by atoms with Crippen LogP contribution in [0, 0.1) is 5.82 Å². The minimum Gasteiger partial charge on any atom is -0.352 e. The lowest BCUT2D eigenvalue weighted by molar-refractivity contribution is -0.126. The van der Waals surface area contributed by atoms with E-state index in [4.69, 9.17) is 0 Å². The van der Waals surface area contributed by atoms with E-state index < -0.39 is 0 Å². The van der Waals surface area contributed by atoms with Crippen molar-refractivity contribution in [2.75, 3.05) is 26.0 Å². The largest absolute Gasteiger partial charge is 0.352 e. The van der Waals surface area contributed by atoms with E-state index in [1.165, 1.54) is 28.4 Å². The molecule has 0 aliphatic heterocycles. The minimum atomic E-state index is -0.270. The summed E-state index contributed by atoms with van der Waals surface area (Å²) < 4.78 is 12.8. The molecule has 1 aromatic carbocycles. The fraction of sp³-hybridized carbons (Fsp3) is 0.231. The molecule has 0 radical (unpaired) electrons. The summed E-state index contributed by atoms with van der Waals surface area (Å²) in [4.78, 5) is 17.3. The lowest BCUT2D eigenvalue weighted by Gasteiger charge is -2.09. The number of carbonyl (C=O) groups is 1. The Morgan fingerprint density at radius 3 is 2.68 bits per heavy atom. The average Bonchev–Trinajstić information content (AvgIpc) is 2.85. The number of anilines is 1. The lowest BCUT2D eigenvalue weighted by Crippen LogP contribution is -2.28. The number of amides is 1. The maximum absolute atomic E-state index is 12.8. The molecule has 2 aromatic rings. The molecule has 6 heteroatoms. The zero-order valence-electron chi connectivity index (χ0n) is 10.7. The van der Waals surface area contributed by atoms with Gasteiger partial charge in [0, 0.05) is 25.0 Å². The fourth-order valence-corrected chi connectivity index (χ4v) is 2.14. The van der Waals surface area contributed by atoms with Crippen LogP contribution in [0.3, 0.4) is 0 Å². The minimum absolute atomic E-state index is 0.0152. The number of halogens is 1. The van der Waals surface area contributed by atoms with Gasteiger partial charge in [0.1, 0.15) is 5.82 Å². The van der Waals surface area contributed by atoms with Crippen LogP contribution in [0.25, 0.3) is 11.3 Å². The molecule has 0 aliphatic rings. The molecule has 4 nitrogen and oxygen atoms in total. The van der Waals surface area contributed by atoms with Gasteiger partial charge in [-0.1, -0.05) is 0 Å². The monoisotopic (exact) mass is 279 g/mol. The molecule has 0 bridgehead atoms. The van der Waals surface area contributed by atoms with E-state index in [0.717, 1.165) is 11.3 Å². The van der Waals surface area contributed by atoms with Crippen LogP contribution < -0.4 is 5.32 Å². The summed E-state index contributed by atoms with van der Waals surface area (Å²) in [6, 6.07) is 6.16. The van der Waals surface area contributed by atoms with Gasteiger partial charge in [0.2, 0.25) is 5.91 Å². The van der Waals surface area contributed by atoms with Crippen LogP contribution >= 0.6 is 11.3 Å². The molecule has 0 saturated carbocycles. The Morgan fingerprint density at radius 1 is 1.37 bits per heavy atom. The van der Waals surface area contributed by atoms with Crippen LogP contribution in [0.5, 0.6) is 0 Å². The van der Waals surface area contributed by atoms with Gasteiger partial charge in [-0.15, -0.1) is 11.3 Å². The zero-order valence-corrected chi connectivity index (χ0v) is 11.5. The summed E-state index contributed by atoms with van der Waals surface area (Å²) in [6.45, 7) is 0.212. The zero-order chi connectivity index (χ0) is 13.8. The topological polar surface area (TPSA) is 45.2 Å². The van der Waals surface area contributed by atoms with E-state index in [1.807, 2.05) is 5.38 Å². The number of hydrogen-bond donors (Lipinski definition) is 1. The van der Waals surface area contributed by atoms with Gasteiger partial charge in [-0.3, -0.25) is 4.79 Å². The molecule has 1 amide bonds. The van der Waals surface area contributed by atoms with Crippen molar-refractivity contribution in [1.29, 1.82) is 0 Å². The molecule has 0 fully saturated rings. The van der Waals surface area contributed by atoms with E-state index in [9.17, 15) is 9.18 Å². The second kappa shape index (κ2) is 5.79. The Balaban J connectivity index is 2.03. The van der Waals surface area contributed by atoms with Crippen LogP contribution in [0.2, 0.25) is 0 Å². The average molecular weight is 279 g/mol. The summed E-state index contributed by atoms with van der Waals surface area (Å²) in [5, 5.41) is 5.52. The maximum Gasteiger partial charge on any atom is 0.241 e. The Morgan fingerprint density at radius 2 is 2.05 bits per heavy atom. The first kappa shape index (κ1) is 13.5. The summed E-state index contributed by atoms with van der Waals surface area (Å²) >= 11 is 1.42. The first-order valence-corrected chi connectivity index (χ1v) is 6.59. The number of thiazole rings is 1. The third kappa shape index (κ3) is 3.51. The highest BCUT2D eigenvalue weighted by atomic mass is 32.1. The Kier molecular flexibility index (Phi) is 4.11. The Bertz CT molecular complexity index is 566.